The lowest BCUT2D eigenvalue weighted by Crippen LogP contribution is -2.31. The van der Waals surface area contributed by atoms with Gasteiger partial charge in [-0.1, -0.05) is 0 Å². The van der Waals surface area contributed by atoms with Gasteiger partial charge in [-0.25, -0.2) is 4.79 Å². The number of hydrogen-bond acceptors (Lipinski definition) is 4. The Balaban J connectivity index is 1.94. The van der Waals surface area contributed by atoms with Crippen LogP contribution in [0.4, 0.5) is 4.79 Å². The van der Waals surface area contributed by atoms with Crippen LogP contribution in [0.2, 0.25) is 0 Å². The molecule has 1 saturated heterocycles. The van der Waals surface area contributed by atoms with Crippen LogP contribution < -0.4 is 14.8 Å². The predicted octanol–water partition coefficient (Wildman–Crippen LogP) is 1.17. The number of urea groups is 1. The van der Waals surface area contributed by atoms with Crippen molar-refractivity contribution in [2.75, 3.05) is 33.4 Å². The van der Waals surface area contributed by atoms with E-state index in [1.54, 1.807) is 23.1 Å². The monoisotopic (exact) mass is 278 g/mol. The van der Waals surface area contributed by atoms with Crippen molar-refractivity contribution in [3.05, 3.63) is 28.8 Å². The van der Waals surface area contributed by atoms with Crippen LogP contribution in [-0.2, 0) is 0 Å². The van der Waals surface area contributed by atoms with E-state index in [-0.39, 0.29) is 6.03 Å². The Morgan fingerprint density at radius 1 is 1.50 bits per heavy atom. The topological polar surface area (TPSA) is 75.4 Å². The van der Waals surface area contributed by atoms with Crippen LogP contribution in [0.25, 0.3) is 5.01 Å². The van der Waals surface area contributed by atoms with E-state index in [9.17, 15) is 4.79 Å². The predicted molar refractivity (Wildman–Crippen MR) is 71.6 cm³/mol. The summed E-state index contributed by atoms with van der Waals surface area (Å²) in [7, 11) is 1.52. The van der Waals surface area contributed by atoms with E-state index in [1.165, 1.54) is 7.11 Å². The zero-order valence-corrected chi connectivity index (χ0v) is 11.1. The standard InChI is InChI=1S/C13H15N3O4/c1-19-12-8-10(9-15-18)2-3-11(12)20-7-6-16-5-4-14-13(16)17/h2-3,8H,4-7H2,1H3,(H-,14,17,18)/p+1. The number of amides is 2. The van der Waals surface area contributed by atoms with Gasteiger partial charge in [-0.05, 0) is 12.1 Å². The molecule has 0 radical (unpaired) electrons. The maximum Gasteiger partial charge on any atom is 0.388 e. The number of nitrogens with one attached hydrogen (secondary N) is 1. The number of rotatable bonds is 5. The van der Waals surface area contributed by atoms with Gasteiger partial charge in [0.1, 0.15) is 12.2 Å². The van der Waals surface area contributed by atoms with Gasteiger partial charge in [0, 0.05) is 19.2 Å². The second-order valence-corrected chi connectivity index (χ2v) is 4.14. The molecule has 0 aliphatic carbocycles. The van der Waals surface area contributed by atoms with Crippen LogP contribution in [0.15, 0.2) is 18.2 Å². The minimum Gasteiger partial charge on any atom is -0.493 e. The van der Waals surface area contributed by atoms with Gasteiger partial charge in [-0.3, -0.25) is 0 Å². The van der Waals surface area contributed by atoms with Crippen molar-refractivity contribution in [2.24, 2.45) is 0 Å². The normalized spacial score (nSPS) is 13.4. The molecule has 0 atom stereocenters. The van der Waals surface area contributed by atoms with E-state index in [2.05, 4.69) is 16.4 Å². The van der Waals surface area contributed by atoms with E-state index in [4.69, 9.17) is 14.7 Å². The fourth-order valence-corrected chi connectivity index (χ4v) is 1.90. The van der Waals surface area contributed by atoms with E-state index in [0.29, 0.717) is 43.3 Å². The molecule has 0 bridgehead atoms. The molecular formula is C13H16N3O4+. The van der Waals surface area contributed by atoms with Gasteiger partial charge >= 0.3 is 12.1 Å². The quantitative estimate of drug-likeness (QED) is 0.793. The number of nitrogens with zero attached hydrogens (tertiary/aromatic N) is 2. The first-order valence-electron chi connectivity index (χ1n) is 6.18. The number of carbonyl (C=O) groups is 1. The lowest BCUT2D eigenvalue weighted by molar-refractivity contribution is 0.201. The molecule has 1 aromatic rings. The van der Waals surface area contributed by atoms with Gasteiger partial charge in [-0.2, -0.15) is 5.21 Å². The van der Waals surface area contributed by atoms with Crippen LogP contribution in [0.3, 0.4) is 0 Å². The molecule has 106 valence electrons. The largest absolute Gasteiger partial charge is 0.493 e. The smallest absolute Gasteiger partial charge is 0.388 e. The highest BCUT2D eigenvalue weighted by molar-refractivity contribution is 5.76. The molecule has 1 aliphatic heterocycles. The molecule has 7 heteroatoms. The summed E-state index contributed by atoms with van der Waals surface area (Å²) in [6.45, 7) is 2.26. The highest BCUT2D eigenvalue weighted by atomic mass is 16.5. The number of ether oxygens (including phenoxy) is 2. The second kappa shape index (κ2) is 6.52. The fourth-order valence-electron chi connectivity index (χ4n) is 1.90. The minimum atomic E-state index is -0.0651. The van der Waals surface area contributed by atoms with E-state index in [1.807, 2.05) is 0 Å². The van der Waals surface area contributed by atoms with Crippen molar-refractivity contribution >= 4 is 6.03 Å². The molecule has 0 unspecified atom stereocenters. The number of hydrogen-bond donors (Lipinski definition) is 2. The Morgan fingerprint density at radius 3 is 3.00 bits per heavy atom. The molecule has 2 N–H and O–H groups in total. The zero-order valence-electron chi connectivity index (χ0n) is 11.1. The van der Waals surface area contributed by atoms with Crippen molar-refractivity contribution in [3.63, 3.8) is 0 Å². The molecule has 2 rings (SSSR count). The molecule has 1 heterocycles. The maximum atomic E-state index is 11.3. The van der Waals surface area contributed by atoms with E-state index in [0.717, 1.165) is 0 Å². The number of benzene rings is 1. The molecule has 1 fully saturated rings. The average Bonchev–Trinajstić information content (AvgIpc) is 2.86. The highest BCUT2D eigenvalue weighted by Crippen LogP contribution is 2.27. The molecule has 1 aromatic carbocycles. The van der Waals surface area contributed by atoms with Gasteiger partial charge in [0.05, 0.1) is 13.7 Å². The van der Waals surface area contributed by atoms with Gasteiger partial charge in [0.2, 0.25) is 5.01 Å². The Labute approximate surface area is 116 Å². The first-order valence-corrected chi connectivity index (χ1v) is 6.18. The summed E-state index contributed by atoms with van der Waals surface area (Å²) in [4.78, 5) is 13.0. The molecule has 7 nitrogen and oxygen atoms in total. The lowest BCUT2D eigenvalue weighted by atomic mass is 10.2. The molecular weight excluding hydrogens is 262 g/mol. The summed E-state index contributed by atoms with van der Waals surface area (Å²) in [5.41, 5.74) is 0.579. The Bertz CT molecular complexity index is 550. The minimum absolute atomic E-state index is 0.0651. The summed E-state index contributed by atoms with van der Waals surface area (Å²) < 4.78 is 10.8. The van der Waals surface area contributed by atoms with Gasteiger partial charge in [0.15, 0.2) is 11.5 Å². The number of methoxy groups -OCH3 is 1. The first-order chi connectivity index (χ1) is 9.74. The summed E-state index contributed by atoms with van der Waals surface area (Å²) in [5.74, 6) is 1.08. The number of carbonyl (C=O) groups excluding carboxylic acids is 1. The molecule has 1 aliphatic rings. The highest BCUT2D eigenvalue weighted by Gasteiger charge is 2.19. The fraction of sp³-hybridized carbons (Fsp3) is 0.385. The van der Waals surface area contributed by atoms with Crippen molar-refractivity contribution in [2.45, 2.75) is 0 Å². The van der Waals surface area contributed by atoms with E-state index < -0.39 is 0 Å². The average molecular weight is 278 g/mol. The zero-order chi connectivity index (χ0) is 14.4. The summed E-state index contributed by atoms with van der Waals surface area (Å²) in [6, 6.07) is 7.38. The summed E-state index contributed by atoms with van der Waals surface area (Å²) in [6.07, 6.45) is 0. The molecule has 0 saturated carbocycles. The van der Waals surface area contributed by atoms with Crippen LogP contribution in [-0.4, -0.2) is 49.5 Å². The van der Waals surface area contributed by atoms with Crippen LogP contribution in [0, 0.1) is 6.07 Å². The van der Waals surface area contributed by atoms with Gasteiger partial charge in [0.25, 0.3) is 0 Å². The third-order valence-corrected chi connectivity index (χ3v) is 2.91. The van der Waals surface area contributed by atoms with Crippen molar-refractivity contribution < 1.29 is 19.5 Å². The Morgan fingerprint density at radius 2 is 2.35 bits per heavy atom. The van der Waals surface area contributed by atoms with E-state index >= 15 is 0 Å². The van der Waals surface area contributed by atoms with Crippen LogP contribution in [0.1, 0.15) is 5.56 Å². The maximum absolute atomic E-state index is 11.3. The van der Waals surface area contributed by atoms with Crippen molar-refractivity contribution in [1.29, 1.82) is 0 Å². The first kappa shape index (κ1) is 13.8. The molecule has 0 aromatic heterocycles. The summed E-state index contributed by atoms with van der Waals surface area (Å²) in [5, 5.41) is 14.0. The lowest BCUT2D eigenvalue weighted by Gasteiger charge is -2.15. The molecule has 20 heavy (non-hydrogen) atoms. The second-order valence-electron chi connectivity index (χ2n) is 4.14. The Kier molecular flexibility index (Phi) is 4.50. The SMILES string of the molecule is COc1cc(C#[N+]O)ccc1OCCN1CCNC1=O. The van der Waals surface area contributed by atoms with Crippen LogP contribution >= 0.6 is 0 Å². The van der Waals surface area contributed by atoms with Gasteiger partial charge < -0.3 is 19.7 Å². The Hall–Kier alpha value is -2.62. The van der Waals surface area contributed by atoms with Crippen molar-refractivity contribution in [1.82, 2.24) is 10.2 Å². The van der Waals surface area contributed by atoms with Gasteiger partial charge in [-0.15, -0.1) is 0 Å². The summed E-state index contributed by atoms with van der Waals surface area (Å²) >= 11 is 0. The molecule has 2 amide bonds. The van der Waals surface area contributed by atoms with Crippen LogP contribution in [0.5, 0.6) is 11.5 Å². The van der Waals surface area contributed by atoms with Crippen molar-refractivity contribution in [3.8, 4) is 17.6 Å². The third-order valence-electron chi connectivity index (χ3n) is 2.91. The molecule has 0 spiro atoms. The third kappa shape index (κ3) is 3.23.